The third-order valence-electron chi connectivity index (χ3n) is 4.07. The van der Waals surface area contributed by atoms with Gasteiger partial charge >= 0.3 is 0 Å². The SMILES string of the molecule is Cc1ccc(-c2n[nH]c(=S)n2CC(=O)NNC(=O)c2ccccc2C)cc1. The summed E-state index contributed by atoms with van der Waals surface area (Å²) in [5.74, 6) is -0.237. The van der Waals surface area contributed by atoms with Crippen LogP contribution < -0.4 is 10.9 Å². The molecule has 0 spiro atoms. The Morgan fingerprint density at radius 2 is 1.78 bits per heavy atom. The summed E-state index contributed by atoms with van der Waals surface area (Å²) in [7, 11) is 0. The average Bonchev–Trinajstić information content (AvgIpc) is 3.01. The molecule has 3 rings (SSSR count). The van der Waals surface area contributed by atoms with Crippen molar-refractivity contribution in [2.45, 2.75) is 20.4 Å². The molecule has 7 nitrogen and oxygen atoms in total. The van der Waals surface area contributed by atoms with Gasteiger partial charge in [-0.05, 0) is 37.7 Å². The van der Waals surface area contributed by atoms with Crippen LogP contribution in [-0.2, 0) is 11.3 Å². The summed E-state index contributed by atoms with van der Waals surface area (Å²) in [4.78, 5) is 24.5. The number of hydrogen-bond acceptors (Lipinski definition) is 4. The lowest BCUT2D eigenvalue weighted by molar-refractivity contribution is -0.122. The fraction of sp³-hybridized carbons (Fsp3) is 0.158. The van der Waals surface area contributed by atoms with Crippen LogP contribution in [0.2, 0.25) is 0 Å². The van der Waals surface area contributed by atoms with Crippen LogP contribution in [0.5, 0.6) is 0 Å². The predicted octanol–water partition coefficient (Wildman–Crippen LogP) is 2.69. The van der Waals surface area contributed by atoms with Gasteiger partial charge in [-0.3, -0.25) is 30.1 Å². The number of nitrogens with one attached hydrogen (secondary N) is 3. The Bertz CT molecular complexity index is 1040. The summed E-state index contributed by atoms with van der Waals surface area (Å²) < 4.78 is 1.90. The van der Waals surface area contributed by atoms with Crippen molar-refractivity contribution in [1.29, 1.82) is 0 Å². The number of benzene rings is 2. The van der Waals surface area contributed by atoms with Gasteiger partial charge in [0.25, 0.3) is 11.8 Å². The molecule has 0 saturated carbocycles. The van der Waals surface area contributed by atoms with E-state index in [2.05, 4.69) is 21.0 Å². The van der Waals surface area contributed by atoms with Crippen molar-refractivity contribution in [1.82, 2.24) is 25.6 Å². The number of hydrogen-bond donors (Lipinski definition) is 3. The predicted molar refractivity (Wildman–Crippen MR) is 104 cm³/mol. The molecule has 0 saturated heterocycles. The number of amides is 2. The van der Waals surface area contributed by atoms with Crippen LogP contribution in [0.15, 0.2) is 48.5 Å². The second kappa shape index (κ2) is 7.96. The van der Waals surface area contributed by atoms with Gasteiger partial charge in [0, 0.05) is 11.1 Å². The minimum Gasteiger partial charge on any atom is -0.291 e. The largest absolute Gasteiger partial charge is 0.291 e. The van der Waals surface area contributed by atoms with Gasteiger partial charge in [0.15, 0.2) is 10.6 Å². The molecule has 27 heavy (non-hydrogen) atoms. The quantitative estimate of drug-likeness (QED) is 0.479. The molecule has 1 aromatic heterocycles. The summed E-state index contributed by atoms with van der Waals surface area (Å²) >= 11 is 5.22. The van der Waals surface area contributed by atoms with E-state index < -0.39 is 5.91 Å². The summed E-state index contributed by atoms with van der Waals surface area (Å²) in [6, 6.07) is 14.9. The standard InChI is InChI=1S/C19H19N5O2S/c1-12-7-9-14(10-8-12)17-21-23-19(27)24(17)11-16(25)20-22-18(26)15-6-4-3-5-13(15)2/h3-10H,11H2,1-2H3,(H,20,25)(H,22,26)(H,23,27). The van der Waals surface area contributed by atoms with E-state index in [-0.39, 0.29) is 12.5 Å². The van der Waals surface area contributed by atoms with E-state index >= 15 is 0 Å². The second-order valence-electron chi connectivity index (χ2n) is 6.12. The Labute approximate surface area is 161 Å². The zero-order chi connectivity index (χ0) is 19.4. The van der Waals surface area contributed by atoms with E-state index in [0.29, 0.717) is 16.2 Å². The number of carbonyl (C=O) groups excluding carboxylic acids is 2. The molecule has 1 heterocycles. The number of hydrazine groups is 1. The van der Waals surface area contributed by atoms with Gasteiger partial charge in [0.05, 0.1) is 0 Å². The molecule has 3 aromatic rings. The first kappa shape index (κ1) is 18.5. The Balaban J connectivity index is 1.69. The van der Waals surface area contributed by atoms with Crippen LogP contribution >= 0.6 is 12.2 Å². The lowest BCUT2D eigenvalue weighted by atomic mass is 10.1. The van der Waals surface area contributed by atoms with Crippen molar-refractivity contribution in [2.75, 3.05) is 0 Å². The van der Waals surface area contributed by atoms with Crippen LogP contribution in [0.1, 0.15) is 21.5 Å². The Morgan fingerprint density at radius 1 is 1.07 bits per heavy atom. The maximum Gasteiger partial charge on any atom is 0.269 e. The fourth-order valence-corrected chi connectivity index (χ4v) is 2.79. The molecule has 0 fully saturated rings. The molecular weight excluding hydrogens is 362 g/mol. The Kier molecular flexibility index (Phi) is 5.46. The van der Waals surface area contributed by atoms with Crippen LogP contribution in [0, 0.1) is 18.6 Å². The van der Waals surface area contributed by atoms with Crippen LogP contribution in [0.3, 0.4) is 0 Å². The summed E-state index contributed by atoms with van der Waals surface area (Å²) in [5, 5.41) is 6.90. The first-order chi connectivity index (χ1) is 13.0. The highest BCUT2D eigenvalue weighted by molar-refractivity contribution is 7.71. The third kappa shape index (κ3) is 4.29. The van der Waals surface area contributed by atoms with Gasteiger partial charge in [0.2, 0.25) is 0 Å². The van der Waals surface area contributed by atoms with Gasteiger partial charge < -0.3 is 0 Å². The third-order valence-corrected chi connectivity index (χ3v) is 4.39. The minimum atomic E-state index is -0.414. The lowest BCUT2D eigenvalue weighted by Crippen LogP contribution is -2.43. The normalized spacial score (nSPS) is 10.4. The highest BCUT2D eigenvalue weighted by atomic mass is 32.1. The van der Waals surface area contributed by atoms with Crippen molar-refractivity contribution in [3.05, 3.63) is 70.0 Å². The molecule has 0 atom stereocenters. The lowest BCUT2D eigenvalue weighted by Gasteiger charge is -2.10. The van der Waals surface area contributed by atoms with Gasteiger partial charge in [-0.2, -0.15) is 5.10 Å². The van der Waals surface area contributed by atoms with E-state index in [1.54, 1.807) is 16.7 Å². The van der Waals surface area contributed by atoms with Gasteiger partial charge in [-0.15, -0.1) is 0 Å². The Morgan fingerprint density at radius 3 is 2.48 bits per heavy atom. The zero-order valence-corrected chi connectivity index (χ0v) is 15.8. The molecule has 0 radical (unpaired) electrons. The first-order valence-electron chi connectivity index (χ1n) is 8.33. The molecule has 2 amide bonds. The van der Waals surface area contributed by atoms with Crippen LogP contribution in [0.25, 0.3) is 11.4 Å². The van der Waals surface area contributed by atoms with E-state index in [9.17, 15) is 9.59 Å². The van der Waals surface area contributed by atoms with E-state index in [1.807, 2.05) is 50.2 Å². The van der Waals surface area contributed by atoms with Crippen molar-refractivity contribution in [3.8, 4) is 11.4 Å². The first-order valence-corrected chi connectivity index (χ1v) is 8.73. The summed E-state index contributed by atoms with van der Waals surface area (Å²) in [6.07, 6.45) is 0. The monoisotopic (exact) mass is 381 g/mol. The number of nitrogens with zero attached hydrogens (tertiary/aromatic N) is 2. The Hall–Kier alpha value is -3.26. The molecule has 0 aliphatic rings. The molecule has 0 unspecified atom stereocenters. The van der Waals surface area contributed by atoms with Crippen molar-refractivity contribution in [2.24, 2.45) is 0 Å². The molecule has 0 bridgehead atoms. The highest BCUT2D eigenvalue weighted by Gasteiger charge is 2.14. The molecule has 0 aliphatic carbocycles. The van der Waals surface area contributed by atoms with Gasteiger partial charge in [-0.25, -0.2) is 0 Å². The van der Waals surface area contributed by atoms with E-state index in [1.165, 1.54) is 0 Å². The zero-order valence-electron chi connectivity index (χ0n) is 14.9. The topological polar surface area (TPSA) is 91.8 Å². The van der Waals surface area contributed by atoms with Gasteiger partial charge in [-0.1, -0.05) is 48.0 Å². The number of rotatable bonds is 4. The molecular formula is C19H19N5O2S. The molecule has 138 valence electrons. The van der Waals surface area contributed by atoms with Crippen LogP contribution in [0.4, 0.5) is 0 Å². The number of H-pyrrole nitrogens is 1. The van der Waals surface area contributed by atoms with Gasteiger partial charge in [0.1, 0.15) is 6.54 Å². The maximum atomic E-state index is 12.3. The number of aromatic amines is 1. The molecule has 3 N–H and O–H groups in total. The second-order valence-corrected chi connectivity index (χ2v) is 6.51. The molecule has 2 aromatic carbocycles. The van der Waals surface area contributed by atoms with E-state index in [0.717, 1.165) is 16.7 Å². The molecule has 8 heteroatoms. The average molecular weight is 381 g/mol. The smallest absolute Gasteiger partial charge is 0.269 e. The number of carbonyl (C=O) groups is 2. The van der Waals surface area contributed by atoms with E-state index in [4.69, 9.17) is 12.2 Å². The highest BCUT2D eigenvalue weighted by Crippen LogP contribution is 2.17. The van der Waals surface area contributed by atoms with Crippen molar-refractivity contribution < 1.29 is 9.59 Å². The number of aromatic nitrogens is 3. The van der Waals surface area contributed by atoms with Crippen molar-refractivity contribution in [3.63, 3.8) is 0 Å². The fourth-order valence-electron chi connectivity index (χ4n) is 2.59. The maximum absolute atomic E-state index is 12.3. The molecule has 0 aliphatic heterocycles. The summed E-state index contributed by atoms with van der Waals surface area (Å²) in [6.45, 7) is 3.74. The number of aryl methyl sites for hydroxylation is 2. The minimum absolute atomic E-state index is 0.0768. The van der Waals surface area contributed by atoms with Crippen molar-refractivity contribution >= 4 is 24.0 Å². The van der Waals surface area contributed by atoms with Crippen LogP contribution in [-0.4, -0.2) is 26.6 Å². The summed E-state index contributed by atoms with van der Waals surface area (Å²) in [5.41, 5.74) is 8.12.